The number of nitrogens with zero attached hydrogens (tertiary/aromatic N) is 1. The summed E-state index contributed by atoms with van der Waals surface area (Å²) in [6.45, 7) is 4.10. The SMILES string of the molecule is CC1CN(c2ccc(CO)cc2C(F)(F)F)C(C)CO1. The van der Waals surface area contributed by atoms with Crippen LogP contribution in [-0.4, -0.2) is 30.4 Å². The van der Waals surface area contributed by atoms with E-state index >= 15 is 0 Å². The van der Waals surface area contributed by atoms with Gasteiger partial charge in [-0.25, -0.2) is 0 Å². The van der Waals surface area contributed by atoms with Crippen molar-refractivity contribution < 1.29 is 23.0 Å². The summed E-state index contributed by atoms with van der Waals surface area (Å²) in [5, 5.41) is 9.02. The molecule has 1 heterocycles. The Balaban J connectivity index is 2.44. The predicted octanol–water partition coefficient (Wildman–Crippen LogP) is 2.81. The molecule has 0 spiro atoms. The van der Waals surface area contributed by atoms with Gasteiger partial charge in [0.2, 0.25) is 0 Å². The first-order valence-electron chi connectivity index (χ1n) is 6.52. The number of halogens is 3. The van der Waals surface area contributed by atoms with Crippen LogP contribution < -0.4 is 4.90 Å². The van der Waals surface area contributed by atoms with Crippen molar-refractivity contribution in [3.63, 3.8) is 0 Å². The molecular formula is C14H18F3NO2. The Morgan fingerprint density at radius 1 is 1.35 bits per heavy atom. The minimum atomic E-state index is -4.44. The van der Waals surface area contributed by atoms with Crippen LogP contribution in [-0.2, 0) is 17.5 Å². The average Bonchev–Trinajstić information content (AvgIpc) is 2.40. The van der Waals surface area contributed by atoms with E-state index in [9.17, 15) is 13.2 Å². The Kier molecular flexibility index (Phi) is 4.25. The number of rotatable bonds is 2. The number of hydrogen-bond acceptors (Lipinski definition) is 3. The Bertz CT molecular complexity index is 476. The quantitative estimate of drug-likeness (QED) is 0.908. The van der Waals surface area contributed by atoms with Gasteiger partial charge in [-0.3, -0.25) is 0 Å². The zero-order valence-corrected chi connectivity index (χ0v) is 11.4. The monoisotopic (exact) mass is 289 g/mol. The number of benzene rings is 1. The van der Waals surface area contributed by atoms with E-state index in [0.717, 1.165) is 6.07 Å². The van der Waals surface area contributed by atoms with E-state index in [-0.39, 0.29) is 23.4 Å². The van der Waals surface area contributed by atoms with E-state index in [1.54, 1.807) is 4.90 Å². The molecule has 0 aliphatic carbocycles. The lowest BCUT2D eigenvalue weighted by Gasteiger charge is -2.39. The molecule has 6 heteroatoms. The minimum Gasteiger partial charge on any atom is -0.392 e. The fourth-order valence-electron chi connectivity index (χ4n) is 2.40. The summed E-state index contributed by atoms with van der Waals surface area (Å²) in [4.78, 5) is 1.72. The van der Waals surface area contributed by atoms with Gasteiger partial charge < -0.3 is 14.7 Å². The number of hydrogen-bond donors (Lipinski definition) is 1. The van der Waals surface area contributed by atoms with Crippen molar-refractivity contribution in [2.75, 3.05) is 18.1 Å². The van der Waals surface area contributed by atoms with Gasteiger partial charge in [0.05, 0.1) is 24.9 Å². The number of ether oxygens (including phenoxy) is 1. The van der Waals surface area contributed by atoms with E-state index in [2.05, 4.69) is 0 Å². The first kappa shape index (κ1) is 15.1. The van der Waals surface area contributed by atoms with Gasteiger partial charge in [0.15, 0.2) is 0 Å². The predicted molar refractivity (Wildman–Crippen MR) is 69.6 cm³/mol. The molecule has 0 saturated carbocycles. The van der Waals surface area contributed by atoms with Gasteiger partial charge in [-0.2, -0.15) is 13.2 Å². The molecule has 2 rings (SSSR count). The molecule has 2 atom stereocenters. The van der Waals surface area contributed by atoms with Crippen molar-refractivity contribution in [1.29, 1.82) is 0 Å². The van der Waals surface area contributed by atoms with Crippen LogP contribution in [0.3, 0.4) is 0 Å². The zero-order chi connectivity index (χ0) is 14.9. The maximum absolute atomic E-state index is 13.2. The second kappa shape index (κ2) is 5.61. The highest BCUT2D eigenvalue weighted by molar-refractivity contribution is 5.57. The third-order valence-electron chi connectivity index (χ3n) is 3.47. The summed E-state index contributed by atoms with van der Waals surface area (Å²) < 4.78 is 45.1. The van der Waals surface area contributed by atoms with Crippen LogP contribution in [0.5, 0.6) is 0 Å². The van der Waals surface area contributed by atoms with E-state index in [1.165, 1.54) is 12.1 Å². The smallest absolute Gasteiger partial charge is 0.392 e. The van der Waals surface area contributed by atoms with Crippen molar-refractivity contribution >= 4 is 5.69 Å². The molecule has 0 bridgehead atoms. The second-order valence-electron chi connectivity index (χ2n) is 5.15. The average molecular weight is 289 g/mol. The van der Waals surface area contributed by atoms with Crippen LogP contribution in [0, 0.1) is 0 Å². The van der Waals surface area contributed by atoms with Crippen molar-refractivity contribution in [3.8, 4) is 0 Å². The summed E-state index contributed by atoms with van der Waals surface area (Å²) in [5.41, 5.74) is -0.294. The Hall–Kier alpha value is -1.27. The standard InChI is InChI=1S/C14H18F3NO2/c1-9-8-20-10(2)6-18(9)13-4-3-11(7-19)5-12(13)14(15,16)17/h3-5,9-10,19H,6-8H2,1-2H3. The van der Waals surface area contributed by atoms with Crippen LogP contribution in [0.15, 0.2) is 18.2 Å². The van der Waals surface area contributed by atoms with Gasteiger partial charge in [0.1, 0.15) is 0 Å². The largest absolute Gasteiger partial charge is 0.418 e. The molecule has 112 valence electrons. The Morgan fingerprint density at radius 3 is 2.65 bits per heavy atom. The number of morpholine rings is 1. The van der Waals surface area contributed by atoms with Crippen LogP contribution in [0.2, 0.25) is 0 Å². The third-order valence-corrected chi connectivity index (χ3v) is 3.47. The molecule has 20 heavy (non-hydrogen) atoms. The molecule has 1 N–H and O–H groups in total. The Morgan fingerprint density at radius 2 is 2.05 bits per heavy atom. The first-order chi connectivity index (χ1) is 9.32. The van der Waals surface area contributed by atoms with Crippen LogP contribution >= 0.6 is 0 Å². The normalized spacial score (nSPS) is 24.0. The van der Waals surface area contributed by atoms with Gasteiger partial charge in [0.25, 0.3) is 0 Å². The van der Waals surface area contributed by atoms with Crippen LogP contribution in [0.4, 0.5) is 18.9 Å². The molecule has 1 aromatic rings. The molecule has 0 amide bonds. The molecule has 1 aromatic carbocycles. The van der Waals surface area contributed by atoms with Crippen molar-refractivity contribution in [2.24, 2.45) is 0 Å². The van der Waals surface area contributed by atoms with Gasteiger partial charge in [-0.15, -0.1) is 0 Å². The van der Waals surface area contributed by atoms with E-state index in [4.69, 9.17) is 9.84 Å². The maximum atomic E-state index is 13.2. The van der Waals surface area contributed by atoms with Gasteiger partial charge >= 0.3 is 6.18 Å². The Labute approximate surface area is 116 Å². The van der Waals surface area contributed by atoms with Crippen LogP contribution in [0.1, 0.15) is 25.0 Å². The highest BCUT2D eigenvalue weighted by Gasteiger charge is 2.37. The highest BCUT2D eigenvalue weighted by Crippen LogP contribution is 2.38. The molecule has 2 unspecified atom stereocenters. The van der Waals surface area contributed by atoms with E-state index < -0.39 is 18.3 Å². The van der Waals surface area contributed by atoms with Crippen molar-refractivity contribution in [3.05, 3.63) is 29.3 Å². The molecule has 0 radical (unpaired) electrons. The zero-order valence-electron chi connectivity index (χ0n) is 11.4. The summed E-state index contributed by atoms with van der Waals surface area (Å²) in [6.07, 6.45) is -4.55. The number of aliphatic hydroxyl groups is 1. The number of aliphatic hydroxyl groups excluding tert-OH is 1. The van der Waals surface area contributed by atoms with Crippen molar-refractivity contribution in [1.82, 2.24) is 0 Å². The lowest BCUT2D eigenvalue weighted by atomic mass is 10.0. The fourth-order valence-corrected chi connectivity index (χ4v) is 2.40. The summed E-state index contributed by atoms with van der Waals surface area (Å²) in [7, 11) is 0. The first-order valence-corrected chi connectivity index (χ1v) is 6.52. The maximum Gasteiger partial charge on any atom is 0.418 e. The summed E-state index contributed by atoms with van der Waals surface area (Å²) >= 11 is 0. The molecular weight excluding hydrogens is 271 g/mol. The molecule has 0 aromatic heterocycles. The number of anilines is 1. The third kappa shape index (κ3) is 3.07. The fraction of sp³-hybridized carbons (Fsp3) is 0.571. The topological polar surface area (TPSA) is 32.7 Å². The van der Waals surface area contributed by atoms with Crippen LogP contribution in [0.25, 0.3) is 0 Å². The van der Waals surface area contributed by atoms with E-state index in [1.807, 2.05) is 13.8 Å². The molecule has 3 nitrogen and oxygen atoms in total. The lowest BCUT2D eigenvalue weighted by Crippen LogP contribution is -2.48. The van der Waals surface area contributed by atoms with Gasteiger partial charge in [0, 0.05) is 18.3 Å². The van der Waals surface area contributed by atoms with E-state index in [0.29, 0.717) is 13.2 Å². The number of alkyl halides is 3. The lowest BCUT2D eigenvalue weighted by molar-refractivity contribution is -0.137. The highest BCUT2D eigenvalue weighted by atomic mass is 19.4. The summed E-state index contributed by atoms with van der Waals surface area (Å²) in [6, 6.07) is 3.86. The molecule has 1 fully saturated rings. The second-order valence-corrected chi connectivity index (χ2v) is 5.15. The van der Waals surface area contributed by atoms with Gasteiger partial charge in [-0.05, 0) is 31.5 Å². The summed E-state index contributed by atoms with van der Waals surface area (Å²) in [5.74, 6) is 0. The van der Waals surface area contributed by atoms with Crippen molar-refractivity contribution in [2.45, 2.75) is 38.8 Å². The minimum absolute atomic E-state index is 0.107. The van der Waals surface area contributed by atoms with Gasteiger partial charge in [-0.1, -0.05) is 6.07 Å². The molecule has 1 aliphatic rings. The molecule has 1 aliphatic heterocycles. The molecule has 1 saturated heterocycles.